The van der Waals surface area contributed by atoms with Crippen LogP contribution in [0.1, 0.15) is 64.8 Å². The van der Waals surface area contributed by atoms with E-state index in [4.69, 9.17) is 9.47 Å². The molecule has 0 aromatic heterocycles. The van der Waals surface area contributed by atoms with Crippen LogP contribution in [0, 0.1) is 5.92 Å². The van der Waals surface area contributed by atoms with Crippen molar-refractivity contribution in [3.8, 4) is 11.1 Å². The van der Waals surface area contributed by atoms with Gasteiger partial charge in [-0.15, -0.1) is 0 Å². The normalized spacial score (nSPS) is 23.6. The summed E-state index contributed by atoms with van der Waals surface area (Å²) in [5.74, 6) is -0.0191. The molecule has 5 unspecified atom stereocenters. The van der Waals surface area contributed by atoms with E-state index in [-0.39, 0.29) is 43.3 Å². The van der Waals surface area contributed by atoms with Crippen molar-refractivity contribution in [2.75, 3.05) is 19.7 Å². The van der Waals surface area contributed by atoms with Gasteiger partial charge in [0.05, 0.1) is 25.4 Å². The zero-order valence-electron chi connectivity index (χ0n) is 25.7. The molecule has 1 amide bonds. The zero-order chi connectivity index (χ0) is 31.2. The number of carbonyl (C=O) groups is 1. The molecule has 2 aliphatic rings. The highest BCUT2D eigenvalue weighted by molar-refractivity contribution is 5.94. The van der Waals surface area contributed by atoms with Gasteiger partial charge in [-0.3, -0.25) is 9.69 Å². The molecule has 4 aromatic rings. The molecule has 2 heterocycles. The van der Waals surface area contributed by atoms with Crippen LogP contribution in [0.3, 0.4) is 0 Å². The Kier molecular flexibility index (Phi) is 10.0. The number of likely N-dealkylation sites (tertiary alicyclic amines) is 1. The van der Waals surface area contributed by atoms with Gasteiger partial charge >= 0.3 is 0 Å². The summed E-state index contributed by atoms with van der Waals surface area (Å²) in [6.45, 7) is 4.44. The summed E-state index contributed by atoms with van der Waals surface area (Å²) in [6, 6.07) is 33.8. The molecule has 45 heavy (non-hydrogen) atoms. The first-order valence-electron chi connectivity index (χ1n) is 15.9. The van der Waals surface area contributed by atoms with E-state index in [1.165, 1.54) is 0 Å². The largest absolute Gasteiger partial charge is 0.395 e. The SMILES string of the molecule is CC1C(CN2CCCC2CO)OC(c2ccc(-c3ccccc3CNC(=O)c3ccccc3)cc2)OC1c1ccc(CO)cc1. The van der Waals surface area contributed by atoms with Gasteiger partial charge in [0.1, 0.15) is 0 Å². The predicted molar refractivity (Wildman–Crippen MR) is 174 cm³/mol. The van der Waals surface area contributed by atoms with Crippen molar-refractivity contribution in [1.29, 1.82) is 0 Å². The first kappa shape index (κ1) is 31.1. The lowest BCUT2D eigenvalue weighted by Crippen LogP contribution is -2.46. The minimum absolute atomic E-state index is 0.00208. The van der Waals surface area contributed by atoms with E-state index in [0.717, 1.165) is 59.3 Å². The number of benzene rings is 4. The van der Waals surface area contributed by atoms with Gasteiger partial charge in [-0.05, 0) is 59.3 Å². The number of amides is 1. The van der Waals surface area contributed by atoms with Gasteiger partial charge in [0.25, 0.3) is 5.91 Å². The number of hydrogen-bond acceptors (Lipinski definition) is 6. The quantitative estimate of drug-likeness (QED) is 0.204. The smallest absolute Gasteiger partial charge is 0.251 e. The average molecular weight is 607 g/mol. The second kappa shape index (κ2) is 14.5. The van der Waals surface area contributed by atoms with Gasteiger partial charge in [0, 0.05) is 36.2 Å². The molecular weight excluding hydrogens is 564 g/mol. The van der Waals surface area contributed by atoms with E-state index >= 15 is 0 Å². The van der Waals surface area contributed by atoms with Gasteiger partial charge < -0.3 is 25.0 Å². The van der Waals surface area contributed by atoms with Crippen LogP contribution in [-0.4, -0.2) is 52.9 Å². The molecule has 5 atom stereocenters. The van der Waals surface area contributed by atoms with Gasteiger partial charge in [-0.2, -0.15) is 0 Å². The van der Waals surface area contributed by atoms with Crippen molar-refractivity contribution in [2.45, 2.75) is 57.5 Å². The first-order valence-corrected chi connectivity index (χ1v) is 15.9. The number of carbonyl (C=O) groups excluding carboxylic acids is 1. The number of nitrogens with one attached hydrogen (secondary N) is 1. The molecule has 7 nitrogen and oxygen atoms in total. The summed E-state index contributed by atoms with van der Waals surface area (Å²) in [5.41, 5.74) is 6.62. The van der Waals surface area contributed by atoms with Crippen molar-refractivity contribution < 1.29 is 24.5 Å². The average Bonchev–Trinajstić information content (AvgIpc) is 3.56. The molecule has 2 saturated heterocycles. The van der Waals surface area contributed by atoms with Gasteiger partial charge in [-0.1, -0.05) is 97.9 Å². The minimum atomic E-state index is -0.557. The lowest BCUT2D eigenvalue weighted by molar-refractivity contribution is -0.276. The predicted octanol–water partition coefficient (Wildman–Crippen LogP) is 6.02. The minimum Gasteiger partial charge on any atom is -0.395 e. The van der Waals surface area contributed by atoms with Gasteiger partial charge in [0.15, 0.2) is 6.29 Å². The highest BCUT2D eigenvalue weighted by Crippen LogP contribution is 2.42. The summed E-state index contributed by atoms with van der Waals surface area (Å²) in [4.78, 5) is 15.0. The Morgan fingerprint density at radius 3 is 2.31 bits per heavy atom. The Morgan fingerprint density at radius 1 is 0.867 bits per heavy atom. The third kappa shape index (κ3) is 7.19. The Balaban J connectivity index is 1.22. The summed E-state index contributed by atoms with van der Waals surface area (Å²) >= 11 is 0. The number of hydrogen-bond donors (Lipinski definition) is 3. The molecule has 0 aliphatic carbocycles. The lowest BCUT2D eigenvalue weighted by Gasteiger charge is -2.43. The van der Waals surface area contributed by atoms with Gasteiger partial charge in [-0.25, -0.2) is 0 Å². The standard InChI is InChI=1S/C38H42N2O5/c1-26-35(23-40-21-7-11-33(40)25-42)44-38(45-36(26)29-15-13-27(24-41)14-16-29)31-19-17-28(18-20-31)34-12-6-5-10-32(34)22-39-37(43)30-8-3-2-4-9-30/h2-6,8-10,12-20,26,33,35-36,38,41-42H,7,11,21-25H2,1H3,(H,39,43). The molecule has 4 aromatic carbocycles. The monoisotopic (exact) mass is 606 g/mol. The molecule has 6 rings (SSSR count). The maximum atomic E-state index is 12.7. The molecule has 0 radical (unpaired) electrons. The maximum absolute atomic E-state index is 12.7. The van der Waals surface area contributed by atoms with Crippen molar-refractivity contribution >= 4 is 5.91 Å². The Hall–Kier alpha value is -3.85. The van der Waals surface area contributed by atoms with Crippen molar-refractivity contribution in [1.82, 2.24) is 10.2 Å². The van der Waals surface area contributed by atoms with Crippen LogP contribution >= 0.6 is 0 Å². The topological polar surface area (TPSA) is 91.3 Å². The van der Waals surface area contributed by atoms with Crippen LogP contribution in [0.5, 0.6) is 0 Å². The van der Waals surface area contributed by atoms with E-state index in [9.17, 15) is 15.0 Å². The first-order chi connectivity index (χ1) is 22.0. The number of aliphatic hydroxyl groups is 2. The molecule has 0 spiro atoms. The highest BCUT2D eigenvalue weighted by Gasteiger charge is 2.40. The Labute approximate surface area is 265 Å². The summed E-state index contributed by atoms with van der Waals surface area (Å²) in [6.07, 6.45) is 1.25. The van der Waals surface area contributed by atoms with E-state index in [2.05, 4.69) is 47.5 Å². The number of nitrogens with zero attached hydrogens (tertiary/aromatic N) is 1. The Morgan fingerprint density at radius 2 is 1.58 bits per heavy atom. The molecule has 2 aliphatic heterocycles. The lowest BCUT2D eigenvalue weighted by atomic mass is 9.89. The summed E-state index contributed by atoms with van der Waals surface area (Å²) in [5, 5.41) is 22.6. The van der Waals surface area contributed by atoms with Crippen molar-refractivity contribution in [3.63, 3.8) is 0 Å². The summed E-state index contributed by atoms with van der Waals surface area (Å²) < 4.78 is 13.3. The molecular formula is C38H42N2O5. The number of rotatable bonds is 10. The van der Waals surface area contributed by atoms with E-state index < -0.39 is 6.29 Å². The second-order valence-electron chi connectivity index (χ2n) is 12.1. The van der Waals surface area contributed by atoms with Crippen LogP contribution in [-0.2, 0) is 22.6 Å². The zero-order valence-corrected chi connectivity index (χ0v) is 25.7. The second-order valence-corrected chi connectivity index (χ2v) is 12.1. The fourth-order valence-electron chi connectivity index (χ4n) is 6.54. The number of aliphatic hydroxyl groups excluding tert-OH is 2. The van der Waals surface area contributed by atoms with Crippen LogP contribution in [0.15, 0.2) is 103 Å². The van der Waals surface area contributed by atoms with Gasteiger partial charge in [0.2, 0.25) is 0 Å². The summed E-state index contributed by atoms with van der Waals surface area (Å²) in [7, 11) is 0. The highest BCUT2D eigenvalue weighted by atomic mass is 16.7. The van der Waals surface area contributed by atoms with E-state index in [1.54, 1.807) is 0 Å². The Bertz CT molecular complexity index is 1540. The fourth-order valence-corrected chi connectivity index (χ4v) is 6.54. The fraction of sp³-hybridized carbons (Fsp3) is 0.342. The molecule has 0 bridgehead atoms. The van der Waals surface area contributed by atoms with Crippen molar-refractivity contribution in [2.24, 2.45) is 5.92 Å². The molecule has 234 valence electrons. The molecule has 0 saturated carbocycles. The van der Waals surface area contributed by atoms with E-state index in [0.29, 0.717) is 12.1 Å². The van der Waals surface area contributed by atoms with E-state index in [1.807, 2.05) is 72.8 Å². The van der Waals surface area contributed by atoms with Crippen LogP contribution in [0.4, 0.5) is 0 Å². The third-order valence-electron chi connectivity index (χ3n) is 9.23. The van der Waals surface area contributed by atoms with Crippen LogP contribution in [0.2, 0.25) is 0 Å². The molecule has 3 N–H and O–H groups in total. The third-order valence-corrected chi connectivity index (χ3v) is 9.23. The molecule has 2 fully saturated rings. The van der Waals surface area contributed by atoms with Crippen LogP contribution in [0.25, 0.3) is 11.1 Å². The van der Waals surface area contributed by atoms with Crippen LogP contribution < -0.4 is 5.32 Å². The van der Waals surface area contributed by atoms with Crippen molar-refractivity contribution in [3.05, 3.63) is 131 Å². The number of ether oxygens (including phenoxy) is 2. The maximum Gasteiger partial charge on any atom is 0.251 e. The molecule has 7 heteroatoms.